The van der Waals surface area contributed by atoms with E-state index >= 15 is 0 Å². The van der Waals surface area contributed by atoms with Crippen LogP contribution in [0.5, 0.6) is 5.75 Å². The van der Waals surface area contributed by atoms with E-state index in [2.05, 4.69) is 43.1 Å². The first kappa shape index (κ1) is 24.3. The number of hydrogen-bond acceptors (Lipinski definition) is 4. The van der Waals surface area contributed by atoms with E-state index in [1.54, 1.807) is 18.2 Å². The van der Waals surface area contributed by atoms with Crippen molar-refractivity contribution in [1.29, 1.82) is 0 Å². The number of amides is 1. The maximum absolute atomic E-state index is 14.9. The van der Waals surface area contributed by atoms with Gasteiger partial charge in [0, 0.05) is 28.4 Å². The van der Waals surface area contributed by atoms with Gasteiger partial charge in [0.2, 0.25) is 0 Å². The van der Waals surface area contributed by atoms with Crippen molar-refractivity contribution < 1.29 is 13.9 Å². The van der Waals surface area contributed by atoms with Gasteiger partial charge in [-0.05, 0) is 68.5 Å². The minimum atomic E-state index is -0.491. The van der Waals surface area contributed by atoms with E-state index in [1.807, 2.05) is 6.07 Å². The van der Waals surface area contributed by atoms with Crippen molar-refractivity contribution in [3.63, 3.8) is 0 Å². The van der Waals surface area contributed by atoms with Gasteiger partial charge < -0.3 is 9.64 Å². The highest BCUT2D eigenvalue weighted by Gasteiger charge is 2.36. The Bertz CT molecular complexity index is 1030. The van der Waals surface area contributed by atoms with E-state index < -0.39 is 5.91 Å². The van der Waals surface area contributed by atoms with E-state index in [-0.39, 0.29) is 23.9 Å². The minimum absolute atomic E-state index is 0.0363. The third-order valence-electron chi connectivity index (χ3n) is 5.60. The Labute approximate surface area is 198 Å². The number of benzene rings is 2. The number of hydrazone groups is 1. The van der Waals surface area contributed by atoms with Gasteiger partial charge in [-0.25, -0.2) is 9.82 Å². The lowest BCUT2D eigenvalue weighted by molar-refractivity contribution is -0.123. The van der Waals surface area contributed by atoms with E-state index in [0.29, 0.717) is 21.4 Å². The van der Waals surface area contributed by atoms with Gasteiger partial charge in [-0.15, -0.1) is 0 Å². The van der Waals surface area contributed by atoms with Gasteiger partial charge in [-0.3, -0.25) is 4.79 Å². The second kappa shape index (κ2) is 10.1. The van der Waals surface area contributed by atoms with E-state index in [1.165, 1.54) is 12.3 Å². The maximum atomic E-state index is 14.9. The molecule has 1 amide bonds. The van der Waals surface area contributed by atoms with Gasteiger partial charge in [-0.1, -0.05) is 37.0 Å². The summed E-state index contributed by atoms with van der Waals surface area (Å²) >= 11 is 11.9. The van der Waals surface area contributed by atoms with Crippen LogP contribution in [0, 0.1) is 5.82 Å². The van der Waals surface area contributed by atoms with Gasteiger partial charge in [0.25, 0.3) is 5.91 Å². The predicted octanol–water partition coefficient (Wildman–Crippen LogP) is 6.16. The molecule has 1 atom stereocenters. The molecule has 0 aliphatic carbocycles. The Morgan fingerprint density at radius 3 is 2.78 bits per heavy atom. The number of ether oxygens (including phenoxy) is 1. The van der Waals surface area contributed by atoms with Crippen molar-refractivity contribution >= 4 is 41.0 Å². The fourth-order valence-corrected chi connectivity index (χ4v) is 4.67. The zero-order valence-electron chi connectivity index (χ0n) is 18.7. The fraction of sp³-hybridized carbons (Fsp3) is 0.417. The van der Waals surface area contributed by atoms with Crippen LogP contribution in [-0.4, -0.2) is 30.8 Å². The summed E-state index contributed by atoms with van der Waals surface area (Å²) in [6.45, 7) is 9.26. The minimum Gasteiger partial charge on any atom is -0.482 e. The second-order valence-corrected chi connectivity index (χ2v) is 9.50. The third-order valence-corrected chi connectivity index (χ3v) is 6.13. The molecule has 0 fully saturated rings. The van der Waals surface area contributed by atoms with E-state index in [0.717, 1.165) is 30.6 Å². The third kappa shape index (κ3) is 5.54. The molecule has 0 spiro atoms. The predicted molar refractivity (Wildman–Crippen MR) is 129 cm³/mol. The number of rotatable bonds is 7. The molecule has 0 bridgehead atoms. The van der Waals surface area contributed by atoms with E-state index in [9.17, 15) is 9.18 Å². The number of hydrogen-bond donors (Lipinski definition) is 1. The zero-order chi connectivity index (χ0) is 23.5. The van der Waals surface area contributed by atoms with Crippen LogP contribution < -0.4 is 15.1 Å². The van der Waals surface area contributed by atoms with Crippen LogP contribution >= 0.6 is 23.2 Å². The van der Waals surface area contributed by atoms with Gasteiger partial charge in [0.15, 0.2) is 6.61 Å². The molecule has 5 nitrogen and oxygen atoms in total. The highest BCUT2D eigenvalue weighted by molar-refractivity contribution is 6.35. The summed E-state index contributed by atoms with van der Waals surface area (Å²) in [6, 6.07) is 8.12. The fourth-order valence-electron chi connectivity index (χ4n) is 4.21. The summed E-state index contributed by atoms with van der Waals surface area (Å²) in [5.74, 6) is -0.246. The van der Waals surface area contributed by atoms with Crippen molar-refractivity contribution in [2.45, 2.75) is 52.0 Å². The molecule has 0 saturated heterocycles. The molecule has 0 saturated carbocycles. The molecule has 1 N–H and O–H groups in total. The van der Waals surface area contributed by atoms with Crippen molar-refractivity contribution in [3.8, 4) is 5.75 Å². The van der Waals surface area contributed by atoms with Crippen LogP contribution in [0.1, 0.15) is 57.6 Å². The molecule has 8 heteroatoms. The standard InChI is InChI=1S/C24H28Cl2FN3O2/c1-5-8-30-21-11-20(27)16(9-18(21)15(2)12-24(30,3)4)13-28-29-23(31)14-32-22-7-6-17(25)10-19(22)26/h6-7,9-11,13,15H,5,8,12,14H2,1-4H3,(H,29,31)/b28-13+. The lowest BCUT2D eigenvalue weighted by atomic mass is 9.79. The van der Waals surface area contributed by atoms with Gasteiger partial charge in [-0.2, -0.15) is 5.10 Å². The van der Waals surface area contributed by atoms with Crippen molar-refractivity contribution in [1.82, 2.24) is 5.43 Å². The van der Waals surface area contributed by atoms with Crippen LogP contribution in [0.15, 0.2) is 35.4 Å². The molecular weight excluding hydrogens is 452 g/mol. The van der Waals surface area contributed by atoms with Crippen LogP contribution in [0.25, 0.3) is 0 Å². The Kier molecular flexibility index (Phi) is 7.67. The highest BCUT2D eigenvalue weighted by atomic mass is 35.5. The number of nitrogens with zero attached hydrogens (tertiary/aromatic N) is 2. The van der Waals surface area contributed by atoms with E-state index in [4.69, 9.17) is 27.9 Å². The summed E-state index contributed by atoms with van der Waals surface area (Å²) in [4.78, 5) is 14.3. The van der Waals surface area contributed by atoms with Crippen LogP contribution in [0.3, 0.4) is 0 Å². The van der Waals surface area contributed by atoms with Gasteiger partial charge in [0.05, 0.1) is 11.2 Å². The number of carbonyl (C=O) groups is 1. The largest absolute Gasteiger partial charge is 0.482 e. The first-order valence-corrected chi connectivity index (χ1v) is 11.4. The van der Waals surface area contributed by atoms with Gasteiger partial charge in [0.1, 0.15) is 11.6 Å². The summed E-state index contributed by atoms with van der Waals surface area (Å²) in [6.07, 6.45) is 3.28. The summed E-state index contributed by atoms with van der Waals surface area (Å²) in [7, 11) is 0. The molecule has 1 aliphatic rings. The van der Waals surface area contributed by atoms with Crippen molar-refractivity contribution in [3.05, 3.63) is 57.3 Å². The number of nitrogens with one attached hydrogen (secondary N) is 1. The number of halogens is 3. The Morgan fingerprint density at radius 2 is 2.09 bits per heavy atom. The number of fused-ring (bicyclic) bond motifs is 1. The normalized spacial score (nSPS) is 17.3. The SMILES string of the molecule is CCCN1c2cc(F)c(/C=N/NC(=O)COc3ccc(Cl)cc3Cl)cc2C(C)CC1(C)C. The summed E-state index contributed by atoms with van der Waals surface area (Å²) in [5, 5.41) is 4.67. The number of anilines is 1. The average Bonchev–Trinajstić information content (AvgIpc) is 2.71. The molecule has 32 heavy (non-hydrogen) atoms. The number of carbonyl (C=O) groups excluding carboxylic acids is 1. The van der Waals surface area contributed by atoms with Gasteiger partial charge >= 0.3 is 0 Å². The highest BCUT2D eigenvalue weighted by Crippen LogP contribution is 2.44. The second-order valence-electron chi connectivity index (χ2n) is 8.66. The maximum Gasteiger partial charge on any atom is 0.277 e. The smallest absolute Gasteiger partial charge is 0.277 e. The molecule has 0 aromatic heterocycles. The molecule has 2 aromatic rings. The van der Waals surface area contributed by atoms with Crippen molar-refractivity contribution in [2.75, 3.05) is 18.1 Å². The Morgan fingerprint density at radius 1 is 1.34 bits per heavy atom. The first-order chi connectivity index (χ1) is 15.1. The molecule has 1 aliphatic heterocycles. The topological polar surface area (TPSA) is 53.9 Å². The monoisotopic (exact) mass is 479 g/mol. The first-order valence-electron chi connectivity index (χ1n) is 10.6. The van der Waals surface area contributed by atoms with Crippen LogP contribution in [-0.2, 0) is 4.79 Å². The molecular formula is C24H28Cl2FN3O2. The van der Waals surface area contributed by atoms with Crippen LogP contribution in [0.4, 0.5) is 10.1 Å². The molecule has 1 heterocycles. The molecule has 0 radical (unpaired) electrons. The zero-order valence-corrected chi connectivity index (χ0v) is 20.2. The summed E-state index contributed by atoms with van der Waals surface area (Å²) < 4.78 is 20.2. The molecule has 172 valence electrons. The average molecular weight is 480 g/mol. The molecule has 3 rings (SSSR count). The quantitative estimate of drug-likeness (QED) is 0.381. The van der Waals surface area contributed by atoms with Crippen molar-refractivity contribution in [2.24, 2.45) is 5.10 Å². The lowest BCUT2D eigenvalue weighted by Gasteiger charge is -2.47. The Balaban J connectivity index is 1.68. The van der Waals surface area contributed by atoms with Crippen LogP contribution in [0.2, 0.25) is 10.0 Å². The molecule has 2 aromatic carbocycles. The lowest BCUT2D eigenvalue weighted by Crippen LogP contribution is -2.48. The molecule has 1 unspecified atom stereocenters. The summed E-state index contributed by atoms with van der Waals surface area (Å²) in [5.41, 5.74) is 4.67. The Hall–Kier alpha value is -2.31.